The van der Waals surface area contributed by atoms with Gasteiger partial charge in [-0.15, -0.1) is 0 Å². The van der Waals surface area contributed by atoms with E-state index in [9.17, 15) is 19.5 Å². The second-order valence-corrected chi connectivity index (χ2v) is 9.50. The number of hydrogen-bond donors (Lipinski definition) is 3. The Bertz CT molecular complexity index is 1010. The van der Waals surface area contributed by atoms with Gasteiger partial charge in [-0.2, -0.15) is 0 Å². The molecule has 0 radical (unpaired) electrons. The zero-order valence-electron chi connectivity index (χ0n) is 19.5. The highest BCUT2D eigenvalue weighted by Gasteiger charge is 2.30. The molecule has 7 nitrogen and oxygen atoms in total. The molecule has 0 aromatic heterocycles. The van der Waals surface area contributed by atoms with Crippen molar-refractivity contribution in [3.63, 3.8) is 0 Å². The van der Waals surface area contributed by atoms with E-state index in [0.717, 1.165) is 41.5 Å². The summed E-state index contributed by atoms with van der Waals surface area (Å²) in [7, 11) is 0. The fraction of sp³-hybridized carbons (Fsp3) is 0.444. The Morgan fingerprint density at radius 3 is 2.29 bits per heavy atom. The molecule has 2 aliphatic carbocycles. The summed E-state index contributed by atoms with van der Waals surface area (Å²) in [6, 6.07) is 14.8. The summed E-state index contributed by atoms with van der Waals surface area (Å²) >= 11 is 0. The number of carboxylic acids is 1. The summed E-state index contributed by atoms with van der Waals surface area (Å²) in [6.45, 7) is 2.80. The highest BCUT2D eigenvalue weighted by Crippen LogP contribution is 2.44. The number of rotatable bonds is 8. The Labute approximate surface area is 199 Å². The molecule has 34 heavy (non-hydrogen) atoms. The van der Waals surface area contributed by atoms with Gasteiger partial charge >= 0.3 is 12.1 Å². The van der Waals surface area contributed by atoms with E-state index in [4.69, 9.17) is 4.74 Å². The Balaban J connectivity index is 1.35. The Hall–Kier alpha value is -3.35. The normalized spacial score (nSPS) is 20.0. The number of hydrogen-bond acceptors (Lipinski definition) is 4. The minimum absolute atomic E-state index is 0.0984. The molecule has 180 valence electrons. The molecule has 0 saturated heterocycles. The van der Waals surface area contributed by atoms with Crippen molar-refractivity contribution in [3.8, 4) is 11.1 Å². The van der Waals surface area contributed by atoms with Gasteiger partial charge in [0.1, 0.15) is 12.6 Å². The number of nitrogens with one attached hydrogen (secondary N) is 2. The van der Waals surface area contributed by atoms with Crippen LogP contribution < -0.4 is 10.6 Å². The first kappa shape index (κ1) is 23.8. The number of carbonyl (C=O) groups is 3. The monoisotopic (exact) mass is 464 g/mol. The van der Waals surface area contributed by atoms with E-state index < -0.39 is 30.4 Å². The van der Waals surface area contributed by atoms with Crippen molar-refractivity contribution in [2.24, 2.45) is 11.8 Å². The number of ether oxygens (including phenoxy) is 1. The lowest BCUT2D eigenvalue weighted by Crippen LogP contribution is -2.49. The van der Waals surface area contributed by atoms with Gasteiger partial charge in [-0.3, -0.25) is 9.59 Å². The number of fused-ring (bicyclic) bond motifs is 3. The van der Waals surface area contributed by atoms with Crippen molar-refractivity contribution in [1.82, 2.24) is 10.6 Å². The first-order chi connectivity index (χ1) is 16.4. The van der Waals surface area contributed by atoms with E-state index in [0.29, 0.717) is 18.4 Å². The molecule has 2 aromatic rings. The maximum atomic E-state index is 12.7. The maximum absolute atomic E-state index is 12.7. The summed E-state index contributed by atoms with van der Waals surface area (Å²) in [5.41, 5.74) is 4.40. The summed E-state index contributed by atoms with van der Waals surface area (Å²) in [4.78, 5) is 36.6. The minimum Gasteiger partial charge on any atom is -0.481 e. The van der Waals surface area contributed by atoms with Crippen LogP contribution in [0.1, 0.15) is 56.1 Å². The van der Waals surface area contributed by atoms with Gasteiger partial charge in [-0.25, -0.2) is 4.79 Å². The summed E-state index contributed by atoms with van der Waals surface area (Å²) < 4.78 is 5.49. The predicted octanol–water partition coefficient (Wildman–Crippen LogP) is 4.31. The number of alkyl carbamates (subject to hydrolysis) is 1. The van der Waals surface area contributed by atoms with Crippen molar-refractivity contribution in [3.05, 3.63) is 59.7 Å². The molecule has 2 aromatic carbocycles. The number of benzene rings is 2. The van der Waals surface area contributed by atoms with E-state index in [1.54, 1.807) is 0 Å². The largest absolute Gasteiger partial charge is 0.481 e. The first-order valence-corrected chi connectivity index (χ1v) is 12.0. The van der Waals surface area contributed by atoms with Crippen LogP contribution in [0.25, 0.3) is 11.1 Å². The van der Waals surface area contributed by atoms with Crippen LogP contribution in [0.3, 0.4) is 0 Å². The van der Waals surface area contributed by atoms with E-state index in [1.165, 1.54) is 6.42 Å². The second kappa shape index (κ2) is 10.7. The first-order valence-electron chi connectivity index (χ1n) is 12.0. The Kier molecular flexibility index (Phi) is 7.50. The standard InChI is InChI=1S/C27H32N2O5/c1-17-7-6-8-18(13-17)15-28-26(32)24(14-25(30)31)29-27(33)34-16-23-21-11-4-2-9-19(21)20-10-3-5-12-22(20)23/h2-5,9-12,17-18,23-24H,6-8,13-16H2,1H3,(H,28,32)(H,29,33)(H,30,31). The molecule has 7 heteroatoms. The maximum Gasteiger partial charge on any atom is 0.407 e. The second-order valence-electron chi connectivity index (χ2n) is 9.50. The lowest BCUT2D eigenvalue weighted by molar-refractivity contribution is -0.139. The molecule has 0 heterocycles. The average molecular weight is 465 g/mol. The minimum atomic E-state index is -1.19. The van der Waals surface area contributed by atoms with E-state index >= 15 is 0 Å². The lowest BCUT2D eigenvalue weighted by Gasteiger charge is -2.27. The summed E-state index contributed by atoms with van der Waals surface area (Å²) in [5.74, 6) is -0.755. The van der Waals surface area contributed by atoms with Gasteiger partial charge in [0.25, 0.3) is 0 Å². The van der Waals surface area contributed by atoms with E-state index in [-0.39, 0.29) is 12.5 Å². The molecule has 0 spiro atoms. The molecule has 3 unspecified atom stereocenters. The smallest absolute Gasteiger partial charge is 0.407 e. The van der Waals surface area contributed by atoms with Gasteiger partial charge in [0.2, 0.25) is 5.91 Å². The zero-order valence-corrected chi connectivity index (χ0v) is 19.5. The molecule has 1 saturated carbocycles. The van der Waals surface area contributed by atoms with Crippen LogP contribution in [0.15, 0.2) is 48.5 Å². The zero-order chi connectivity index (χ0) is 24.1. The molecule has 3 N–H and O–H groups in total. The highest BCUT2D eigenvalue weighted by molar-refractivity contribution is 5.89. The third-order valence-electron chi connectivity index (χ3n) is 6.94. The predicted molar refractivity (Wildman–Crippen MR) is 128 cm³/mol. The fourth-order valence-electron chi connectivity index (χ4n) is 5.28. The molecule has 2 aliphatic rings. The molecule has 0 aliphatic heterocycles. The van der Waals surface area contributed by atoms with Gasteiger partial charge in [0, 0.05) is 12.5 Å². The van der Waals surface area contributed by atoms with Crippen LogP contribution in [0.2, 0.25) is 0 Å². The van der Waals surface area contributed by atoms with Crippen LogP contribution in [0, 0.1) is 11.8 Å². The van der Waals surface area contributed by atoms with Gasteiger partial charge < -0.3 is 20.5 Å². The van der Waals surface area contributed by atoms with Gasteiger partial charge in [-0.05, 0) is 46.9 Å². The average Bonchev–Trinajstić information content (AvgIpc) is 3.14. The molecule has 4 rings (SSSR count). The van der Waals surface area contributed by atoms with Crippen molar-refractivity contribution < 1.29 is 24.2 Å². The number of amides is 2. The van der Waals surface area contributed by atoms with Crippen molar-refractivity contribution >= 4 is 18.0 Å². The third-order valence-corrected chi connectivity index (χ3v) is 6.94. The summed E-state index contributed by atoms with van der Waals surface area (Å²) in [5, 5.41) is 14.5. The third kappa shape index (κ3) is 5.58. The Morgan fingerprint density at radius 1 is 1.03 bits per heavy atom. The van der Waals surface area contributed by atoms with Crippen LogP contribution in [0.5, 0.6) is 0 Å². The van der Waals surface area contributed by atoms with Gasteiger partial charge in [0.15, 0.2) is 0 Å². The molecular weight excluding hydrogens is 432 g/mol. The van der Waals surface area contributed by atoms with E-state index in [2.05, 4.69) is 29.7 Å². The molecular formula is C27H32N2O5. The van der Waals surface area contributed by atoms with Crippen LogP contribution in [0.4, 0.5) is 4.79 Å². The van der Waals surface area contributed by atoms with Crippen LogP contribution in [-0.4, -0.2) is 42.3 Å². The lowest BCUT2D eigenvalue weighted by atomic mass is 9.82. The number of carbonyl (C=O) groups excluding carboxylic acids is 2. The Morgan fingerprint density at radius 2 is 1.68 bits per heavy atom. The number of aliphatic carboxylic acids is 1. The quantitative estimate of drug-likeness (QED) is 0.540. The van der Waals surface area contributed by atoms with Crippen LogP contribution in [-0.2, 0) is 14.3 Å². The highest BCUT2D eigenvalue weighted by atomic mass is 16.5. The van der Waals surface area contributed by atoms with Gasteiger partial charge in [0.05, 0.1) is 6.42 Å². The molecule has 1 fully saturated rings. The topological polar surface area (TPSA) is 105 Å². The fourth-order valence-corrected chi connectivity index (χ4v) is 5.28. The van der Waals surface area contributed by atoms with E-state index in [1.807, 2.05) is 36.4 Å². The molecule has 3 atom stereocenters. The van der Waals surface area contributed by atoms with Crippen molar-refractivity contribution in [2.45, 2.75) is 51.0 Å². The number of carboxylic acid groups (broad SMARTS) is 1. The SMILES string of the molecule is CC1CCCC(CNC(=O)C(CC(=O)O)NC(=O)OCC2c3ccccc3-c3ccccc32)C1. The van der Waals surface area contributed by atoms with Crippen molar-refractivity contribution in [2.75, 3.05) is 13.2 Å². The van der Waals surface area contributed by atoms with Crippen molar-refractivity contribution in [1.29, 1.82) is 0 Å². The van der Waals surface area contributed by atoms with Gasteiger partial charge in [-0.1, -0.05) is 68.3 Å². The van der Waals surface area contributed by atoms with Crippen LogP contribution >= 0.6 is 0 Å². The molecule has 0 bridgehead atoms. The summed E-state index contributed by atoms with van der Waals surface area (Å²) in [6.07, 6.45) is 3.14. The molecule has 2 amide bonds.